The van der Waals surface area contributed by atoms with Gasteiger partial charge in [0.1, 0.15) is 0 Å². The first-order valence-corrected chi connectivity index (χ1v) is 7.75. The molecule has 0 aliphatic rings. The summed E-state index contributed by atoms with van der Waals surface area (Å²) in [5.41, 5.74) is 2.18. The van der Waals surface area contributed by atoms with E-state index < -0.39 is 0 Å². The van der Waals surface area contributed by atoms with Gasteiger partial charge in [-0.25, -0.2) is 0 Å². The summed E-state index contributed by atoms with van der Waals surface area (Å²) in [6, 6.07) is 14.5. The van der Waals surface area contributed by atoms with Crippen LogP contribution in [0.2, 0.25) is 0 Å². The third kappa shape index (κ3) is 4.43. The number of hydrogen-bond acceptors (Lipinski definition) is 2. The van der Waals surface area contributed by atoms with Gasteiger partial charge in [-0.15, -0.1) is 0 Å². The number of nitrogens with one attached hydrogen (secondary N) is 2. The lowest BCUT2D eigenvalue weighted by atomic mass is 10.1. The van der Waals surface area contributed by atoms with Gasteiger partial charge in [0.2, 0.25) is 0 Å². The lowest BCUT2D eigenvalue weighted by molar-refractivity contribution is 0.0927. The average molecular weight is 361 g/mol. The summed E-state index contributed by atoms with van der Waals surface area (Å²) in [7, 11) is 0. The lowest BCUT2D eigenvalue weighted by Crippen LogP contribution is -2.34. The molecule has 2 amide bonds. The minimum atomic E-state index is -0.155. The minimum Gasteiger partial charge on any atom is -0.350 e. The fourth-order valence-electron chi connectivity index (χ4n) is 1.98. The molecule has 0 saturated carbocycles. The molecule has 4 nitrogen and oxygen atoms in total. The topological polar surface area (TPSA) is 58.2 Å². The highest BCUT2D eigenvalue weighted by Crippen LogP contribution is 2.10. The molecule has 0 atom stereocenters. The molecule has 2 aromatic rings. The number of halogens is 1. The van der Waals surface area contributed by atoms with Crippen molar-refractivity contribution < 1.29 is 9.59 Å². The van der Waals surface area contributed by atoms with Gasteiger partial charge in [-0.1, -0.05) is 34.1 Å². The van der Waals surface area contributed by atoms with Crippen LogP contribution in [0.15, 0.2) is 53.0 Å². The van der Waals surface area contributed by atoms with Gasteiger partial charge in [-0.3, -0.25) is 9.59 Å². The maximum absolute atomic E-state index is 12.0. The van der Waals surface area contributed by atoms with Crippen molar-refractivity contribution in [2.75, 3.05) is 13.1 Å². The molecule has 0 bridgehead atoms. The van der Waals surface area contributed by atoms with Crippen LogP contribution < -0.4 is 10.6 Å². The van der Waals surface area contributed by atoms with E-state index in [-0.39, 0.29) is 11.8 Å². The van der Waals surface area contributed by atoms with Gasteiger partial charge in [0.15, 0.2) is 0 Å². The first-order chi connectivity index (χ1) is 10.6. The lowest BCUT2D eigenvalue weighted by Gasteiger charge is -2.08. The van der Waals surface area contributed by atoms with Gasteiger partial charge in [0.05, 0.1) is 0 Å². The van der Waals surface area contributed by atoms with Gasteiger partial charge >= 0.3 is 0 Å². The number of carbonyl (C=O) groups is 2. The second kappa shape index (κ2) is 7.75. The normalized spacial score (nSPS) is 10.1. The molecule has 0 aliphatic carbocycles. The maximum atomic E-state index is 12.0. The molecule has 114 valence electrons. The van der Waals surface area contributed by atoms with Gasteiger partial charge in [-0.2, -0.15) is 0 Å². The van der Waals surface area contributed by atoms with Crippen molar-refractivity contribution in [3.05, 3.63) is 69.7 Å². The molecule has 0 radical (unpaired) electrons. The van der Waals surface area contributed by atoms with Crippen LogP contribution in [0.5, 0.6) is 0 Å². The average Bonchev–Trinajstić information content (AvgIpc) is 2.52. The fraction of sp³-hybridized carbons (Fsp3) is 0.176. The Morgan fingerprint density at radius 2 is 1.50 bits per heavy atom. The molecular weight excluding hydrogens is 344 g/mol. The predicted molar refractivity (Wildman–Crippen MR) is 90.0 cm³/mol. The molecule has 0 aliphatic heterocycles. The fourth-order valence-corrected chi connectivity index (χ4v) is 2.24. The summed E-state index contributed by atoms with van der Waals surface area (Å²) in [4.78, 5) is 23.9. The van der Waals surface area contributed by atoms with Crippen LogP contribution in [0.4, 0.5) is 0 Å². The van der Waals surface area contributed by atoms with Crippen molar-refractivity contribution in [3.8, 4) is 0 Å². The van der Waals surface area contributed by atoms with Crippen LogP contribution in [0.3, 0.4) is 0 Å². The van der Waals surface area contributed by atoms with E-state index in [0.717, 1.165) is 10.0 Å². The molecular formula is C17H17BrN2O2. The zero-order valence-electron chi connectivity index (χ0n) is 12.2. The van der Waals surface area contributed by atoms with E-state index in [9.17, 15) is 9.59 Å². The zero-order chi connectivity index (χ0) is 15.9. The van der Waals surface area contributed by atoms with Crippen LogP contribution in [-0.2, 0) is 0 Å². The number of aryl methyl sites for hydroxylation is 1. The van der Waals surface area contributed by atoms with Gasteiger partial charge in [-0.05, 0) is 42.8 Å². The second-order valence-corrected chi connectivity index (χ2v) is 5.75. The molecule has 5 heteroatoms. The molecule has 0 heterocycles. The highest BCUT2D eigenvalue weighted by Gasteiger charge is 2.08. The molecule has 0 fully saturated rings. The van der Waals surface area contributed by atoms with Crippen LogP contribution in [0, 0.1) is 6.92 Å². The van der Waals surface area contributed by atoms with E-state index in [4.69, 9.17) is 0 Å². The molecule has 2 rings (SSSR count). The van der Waals surface area contributed by atoms with E-state index in [1.165, 1.54) is 0 Å². The third-order valence-corrected chi connectivity index (χ3v) is 3.72. The number of benzene rings is 2. The first kappa shape index (κ1) is 16.2. The summed E-state index contributed by atoms with van der Waals surface area (Å²) < 4.78 is 0.926. The summed E-state index contributed by atoms with van der Waals surface area (Å²) in [6.07, 6.45) is 0. The van der Waals surface area contributed by atoms with E-state index in [1.807, 2.05) is 37.3 Å². The van der Waals surface area contributed by atoms with Crippen molar-refractivity contribution in [2.45, 2.75) is 6.92 Å². The van der Waals surface area contributed by atoms with Crippen molar-refractivity contribution in [3.63, 3.8) is 0 Å². The number of rotatable bonds is 5. The van der Waals surface area contributed by atoms with E-state index in [1.54, 1.807) is 18.2 Å². The number of amides is 2. The SMILES string of the molecule is Cc1ccccc1C(=O)NCCNC(=O)c1ccc(Br)cc1. The highest BCUT2D eigenvalue weighted by molar-refractivity contribution is 9.10. The van der Waals surface area contributed by atoms with Crippen molar-refractivity contribution in [1.29, 1.82) is 0 Å². The van der Waals surface area contributed by atoms with Gasteiger partial charge < -0.3 is 10.6 Å². The zero-order valence-corrected chi connectivity index (χ0v) is 13.8. The van der Waals surface area contributed by atoms with E-state index >= 15 is 0 Å². The second-order valence-electron chi connectivity index (χ2n) is 4.83. The largest absolute Gasteiger partial charge is 0.350 e. The molecule has 0 aromatic heterocycles. The summed E-state index contributed by atoms with van der Waals surface area (Å²) in [5.74, 6) is -0.284. The van der Waals surface area contributed by atoms with Crippen molar-refractivity contribution in [2.24, 2.45) is 0 Å². The van der Waals surface area contributed by atoms with Crippen molar-refractivity contribution in [1.82, 2.24) is 10.6 Å². The maximum Gasteiger partial charge on any atom is 0.251 e. The smallest absolute Gasteiger partial charge is 0.251 e. The van der Waals surface area contributed by atoms with E-state index in [2.05, 4.69) is 26.6 Å². The molecule has 2 aromatic carbocycles. The van der Waals surface area contributed by atoms with Crippen LogP contribution >= 0.6 is 15.9 Å². The number of carbonyl (C=O) groups excluding carboxylic acids is 2. The Labute approximate surface area is 138 Å². The first-order valence-electron chi connectivity index (χ1n) is 6.95. The van der Waals surface area contributed by atoms with Crippen molar-refractivity contribution >= 4 is 27.7 Å². The monoisotopic (exact) mass is 360 g/mol. The van der Waals surface area contributed by atoms with Crippen LogP contribution in [0.25, 0.3) is 0 Å². The molecule has 22 heavy (non-hydrogen) atoms. The highest BCUT2D eigenvalue weighted by atomic mass is 79.9. The quantitative estimate of drug-likeness (QED) is 0.805. The molecule has 0 spiro atoms. The molecule has 2 N–H and O–H groups in total. The summed E-state index contributed by atoms with van der Waals surface area (Å²) >= 11 is 3.32. The predicted octanol–water partition coefficient (Wildman–Crippen LogP) is 2.92. The summed E-state index contributed by atoms with van der Waals surface area (Å²) in [6.45, 7) is 2.66. The standard InChI is InChI=1S/C17H17BrN2O2/c1-12-4-2-3-5-15(12)17(22)20-11-10-19-16(21)13-6-8-14(18)9-7-13/h2-9H,10-11H2,1H3,(H,19,21)(H,20,22). The number of hydrogen-bond donors (Lipinski definition) is 2. The summed E-state index contributed by atoms with van der Waals surface area (Å²) in [5, 5.41) is 5.57. The van der Waals surface area contributed by atoms with Gasteiger partial charge in [0, 0.05) is 28.7 Å². The third-order valence-electron chi connectivity index (χ3n) is 3.19. The Bertz CT molecular complexity index is 669. The van der Waals surface area contributed by atoms with Crippen LogP contribution in [-0.4, -0.2) is 24.9 Å². The Morgan fingerprint density at radius 1 is 0.909 bits per heavy atom. The Balaban J connectivity index is 1.77. The van der Waals surface area contributed by atoms with Gasteiger partial charge in [0.25, 0.3) is 11.8 Å². The minimum absolute atomic E-state index is 0.129. The Kier molecular flexibility index (Phi) is 5.72. The molecule has 0 saturated heterocycles. The molecule has 0 unspecified atom stereocenters. The van der Waals surface area contributed by atoms with E-state index in [0.29, 0.717) is 24.2 Å². The Morgan fingerprint density at radius 3 is 2.14 bits per heavy atom. The van der Waals surface area contributed by atoms with Crippen LogP contribution in [0.1, 0.15) is 26.3 Å². The Hall–Kier alpha value is -2.14.